The summed E-state index contributed by atoms with van der Waals surface area (Å²) in [6.07, 6.45) is 1.58. The Kier molecular flexibility index (Phi) is 3.20. The molecule has 0 saturated heterocycles. The zero-order valence-corrected chi connectivity index (χ0v) is 11.1. The Bertz CT molecular complexity index is 660. The number of tetrazole rings is 1. The maximum atomic E-state index is 4.23. The van der Waals surface area contributed by atoms with Gasteiger partial charge >= 0.3 is 0 Å². The molecule has 0 aliphatic heterocycles. The molecule has 0 aliphatic rings. The molecule has 0 aliphatic carbocycles. The molecule has 2 heterocycles. The summed E-state index contributed by atoms with van der Waals surface area (Å²) in [7, 11) is 0. The van der Waals surface area contributed by atoms with E-state index >= 15 is 0 Å². The van der Waals surface area contributed by atoms with Gasteiger partial charge in [0.25, 0.3) is 0 Å². The average molecular weight is 272 g/mol. The Labute approximate surface area is 114 Å². The molecule has 2 aromatic heterocycles. The number of anilines is 1. The molecule has 1 N–H and O–H groups in total. The molecule has 6 nitrogen and oxygen atoms in total. The lowest BCUT2D eigenvalue weighted by Gasteiger charge is -2.07. The fourth-order valence-electron chi connectivity index (χ4n) is 1.72. The molecule has 0 fully saturated rings. The van der Waals surface area contributed by atoms with E-state index in [1.54, 1.807) is 22.3 Å². The van der Waals surface area contributed by atoms with E-state index in [4.69, 9.17) is 0 Å². The number of hydrogen-bond donors (Lipinski definition) is 1. The van der Waals surface area contributed by atoms with Crippen molar-refractivity contribution in [2.45, 2.75) is 13.5 Å². The summed E-state index contributed by atoms with van der Waals surface area (Å²) < 4.78 is 1.63. The average Bonchev–Trinajstić information content (AvgIpc) is 3.08. The molecule has 7 heteroatoms. The van der Waals surface area contributed by atoms with Crippen LogP contribution >= 0.6 is 11.3 Å². The summed E-state index contributed by atoms with van der Waals surface area (Å²) in [6.45, 7) is 2.79. The van der Waals surface area contributed by atoms with Crippen molar-refractivity contribution in [2.24, 2.45) is 0 Å². The van der Waals surface area contributed by atoms with E-state index in [1.807, 2.05) is 36.7 Å². The van der Waals surface area contributed by atoms with Crippen LogP contribution in [-0.4, -0.2) is 25.2 Å². The van der Waals surface area contributed by atoms with Crippen LogP contribution in [0.4, 0.5) is 5.69 Å². The zero-order valence-electron chi connectivity index (χ0n) is 10.3. The zero-order chi connectivity index (χ0) is 13.1. The van der Waals surface area contributed by atoms with Crippen LogP contribution in [0.15, 0.2) is 36.1 Å². The summed E-state index contributed by atoms with van der Waals surface area (Å²) in [5.74, 6) is 0. The third-order valence-corrected chi connectivity index (χ3v) is 3.69. The third-order valence-electron chi connectivity index (χ3n) is 2.76. The molecule has 3 rings (SSSR count). The summed E-state index contributed by atoms with van der Waals surface area (Å²) in [5.41, 5.74) is 4.90. The minimum atomic E-state index is 0.773. The van der Waals surface area contributed by atoms with Crippen molar-refractivity contribution >= 4 is 17.0 Å². The molecule has 0 spiro atoms. The van der Waals surface area contributed by atoms with Crippen LogP contribution in [0.3, 0.4) is 0 Å². The maximum Gasteiger partial charge on any atom is 0.143 e. The highest BCUT2D eigenvalue weighted by molar-refractivity contribution is 7.09. The second kappa shape index (κ2) is 5.15. The molecule has 0 radical (unpaired) electrons. The molecular weight excluding hydrogens is 260 g/mol. The largest absolute Gasteiger partial charge is 0.380 e. The van der Waals surface area contributed by atoms with E-state index in [0.29, 0.717) is 0 Å². The highest BCUT2D eigenvalue weighted by atomic mass is 32.1. The first-order valence-corrected chi connectivity index (χ1v) is 6.67. The van der Waals surface area contributed by atoms with Crippen molar-refractivity contribution in [1.82, 2.24) is 25.2 Å². The maximum absolute atomic E-state index is 4.23. The molecular formula is C12H12N6S. The lowest BCUT2D eigenvalue weighted by atomic mass is 10.2. The lowest BCUT2D eigenvalue weighted by Crippen LogP contribution is -2.01. The molecule has 0 amide bonds. The van der Waals surface area contributed by atoms with Gasteiger partial charge in [0.2, 0.25) is 0 Å². The number of thiazole rings is 1. The van der Waals surface area contributed by atoms with Gasteiger partial charge in [0.05, 0.1) is 23.4 Å². The normalized spacial score (nSPS) is 10.6. The highest BCUT2D eigenvalue weighted by Crippen LogP contribution is 2.17. The van der Waals surface area contributed by atoms with Gasteiger partial charge in [-0.25, -0.2) is 9.67 Å². The van der Waals surface area contributed by atoms with Crippen LogP contribution in [0.5, 0.6) is 0 Å². The summed E-state index contributed by atoms with van der Waals surface area (Å²) in [4.78, 5) is 5.48. The monoisotopic (exact) mass is 272 g/mol. The molecule has 3 aromatic rings. The topological polar surface area (TPSA) is 68.5 Å². The number of nitrogens with one attached hydrogen (secondary N) is 1. The number of rotatable bonds is 4. The summed E-state index contributed by atoms with van der Waals surface area (Å²) >= 11 is 1.66. The SMILES string of the molecule is Cc1ncsc1CNc1cccc(-n2cnnn2)c1. The van der Waals surface area contributed by atoms with Gasteiger partial charge in [0.1, 0.15) is 6.33 Å². The molecule has 19 heavy (non-hydrogen) atoms. The third kappa shape index (κ3) is 2.60. The van der Waals surface area contributed by atoms with E-state index in [1.165, 1.54) is 4.88 Å². The van der Waals surface area contributed by atoms with Crippen molar-refractivity contribution in [3.8, 4) is 5.69 Å². The van der Waals surface area contributed by atoms with E-state index in [9.17, 15) is 0 Å². The van der Waals surface area contributed by atoms with E-state index in [2.05, 4.69) is 25.8 Å². The molecule has 1 aromatic carbocycles. The summed E-state index contributed by atoms with van der Waals surface area (Å²) in [5, 5.41) is 14.5. The smallest absolute Gasteiger partial charge is 0.143 e. The van der Waals surface area contributed by atoms with Crippen molar-refractivity contribution in [1.29, 1.82) is 0 Å². The molecule has 96 valence electrons. The van der Waals surface area contributed by atoms with E-state index < -0.39 is 0 Å². The van der Waals surface area contributed by atoms with Crippen LogP contribution in [0.2, 0.25) is 0 Å². The van der Waals surface area contributed by atoms with Crippen molar-refractivity contribution in [3.63, 3.8) is 0 Å². The van der Waals surface area contributed by atoms with Gasteiger partial charge in [-0.1, -0.05) is 6.07 Å². The summed E-state index contributed by atoms with van der Waals surface area (Å²) in [6, 6.07) is 7.95. The number of nitrogens with zero attached hydrogens (tertiary/aromatic N) is 5. The Morgan fingerprint density at radius 2 is 2.32 bits per heavy atom. The van der Waals surface area contributed by atoms with Gasteiger partial charge in [-0.15, -0.1) is 16.4 Å². The first-order valence-electron chi connectivity index (χ1n) is 5.79. The van der Waals surface area contributed by atoms with Crippen LogP contribution in [0.25, 0.3) is 5.69 Å². The van der Waals surface area contributed by atoms with Gasteiger partial charge in [0, 0.05) is 10.6 Å². The number of aromatic nitrogens is 5. The molecule has 0 atom stereocenters. The van der Waals surface area contributed by atoms with Crippen LogP contribution in [0, 0.1) is 6.92 Å². The second-order valence-electron chi connectivity index (χ2n) is 4.02. The minimum Gasteiger partial charge on any atom is -0.380 e. The first-order chi connectivity index (χ1) is 9.33. The lowest BCUT2D eigenvalue weighted by molar-refractivity contribution is 0.789. The van der Waals surface area contributed by atoms with Gasteiger partial charge in [0.15, 0.2) is 0 Å². The fraction of sp³-hybridized carbons (Fsp3) is 0.167. The van der Waals surface area contributed by atoms with Crippen LogP contribution in [0.1, 0.15) is 10.6 Å². The van der Waals surface area contributed by atoms with E-state index in [-0.39, 0.29) is 0 Å². The predicted molar refractivity (Wildman–Crippen MR) is 73.3 cm³/mol. The van der Waals surface area contributed by atoms with E-state index in [0.717, 1.165) is 23.6 Å². The minimum absolute atomic E-state index is 0.773. The molecule has 0 bridgehead atoms. The Balaban J connectivity index is 1.75. The van der Waals surface area contributed by atoms with Crippen LogP contribution < -0.4 is 5.32 Å². The van der Waals surface area contributed by atoms with Crippen LogP contribution in [-0.2, 0) is 6.54 Å². The van der Waals surface area contributed by atoms with Gasteiger partial charge in [-0.3, -0.25) is 0 Å². The standard InChI is InChI=1S/C12H12N6S/c1-9-12(19-8-14-9)6-13-10-3-2-4-11(5-10)18-7-15-16-17-18/h2-5,7-8,13H,6H2,1H3. The Hall–Kier alpha value is -2.28. The van der Waals surface area contributed by atoms with Crippen molar-refractivity contribution in [3.05, 3.63) is 46.7 Å². The Morgan fingerprint density at radius 1 is 1.37 bits per heavy atom. The number of benzene rings is 1. The van der Waals surface area contributed by atoms with Crippen molar-refractivity contribution < 1.29 is 0 Å². The molecule has 0 unspecified atom stereocenters. The molecule has 0 saturated carbocycles. The number of hydrogen-bond acceptors (Lipinski definition) is 6. The van der Waals surface area contributed by atoms with Gasteiger partial charge < -0.3 is 5.32 Å². The first kappa shape index (κ1) is 11.8. The Morgan fingerprint density at radius 3 is 3.05 bits per heavy atom. The quantitative estimate of drug-likeness (QED) is 0.787. The second-order valence-corrected chi connectivity index (χ2v) is 4.96. The highest BCUT2D eigenvalue weighted by Gasteiger charge is 2.02. The van der Waals surface area contributed by atoms with Gasteiger partial charge in [-0.2, -0.15) is 0 Å². The predicted octanol–water partition coefficient (Wildman–Crippen LogP) is 2.04. The van der Waals surface area contributed by atoms with Gasteiger partial charge in [-0.05, 0) is 35.5 Å². The van der Waals surface area contributed by atoms with Crippen molar-refractivity contribution in [2.75, 3.05) is 5.32 Å². The fourth-order valence-corrected chi connectivity index (χ4v) is 2.43. The number of aryl methyl sites for hydroxylation is 1.